The zero-order valence-corrected chi connectivity index (χ0v) is 10.7. The lowest BCUT2D eigenvalue weighted by Gasteiger charge is -2.06. The van der Waals surface area contributed by atoms with Crippen LogP contribution in [-0.4, -0.2) is 15.1 Å². The van der Waals surface area contributed by atoms with Crippen LogP contribution in [0.15, 0.2) is 39.8 Å². The van der Waals surface area contributed by atoms with Crippen molar-refractivity contribution in [2.75, 3.05) is 0 Å². The lowest BCUT2D eigenvalue weighted by Crippen LogP contribution is -1.86. The minimum atomic E-state index is 0.117. The highest BCUT2D eigenvalue weighted by atomic mass is 79.9. The predicted octanol–water partition coefficient (Wildman–Crippen LogP) is 3.37. The van der Waals surface area contributed by atoms with Crippen LogP contribution in [0.25, 0.3) is 11.1 Å². The molecule has 15 heavy (non-hydrogen) atoms. The Hall–Kier alpha value is -0.940. The number of aromatic hydroxyl groups is 1. The molecule has 0 spiro atoms. The Labute approximate surface area is 103 Å². The summed E-state index contributed by atoms with van der Waals surface area (Å²) in [6.45, 7) is 0. The van der Waals surface area contributed by atoms with Crippen LogP contribution in [-0.2, 0) is 0 Å². The van der Waals surface area contributed by atoms with E-state index >= 15 is 0 Å². The first-order valence-corrected chi connectivity index (χ1v) is 5.73. The van der Waals surface area contributed by atoms with E-state index in [0.717, 1.165) is 5.56 Å². The molecular formula is C10H6Br2N2O. The fraction of sp³-hybridized carbons (Fsp3) is 0. The van der Waals surface area contributed by atoms with Crippen molar-refractivity contribution >= 4 is 31.9 Å². The molecule has 2 heterocycles. The van der Waals surface area contributed by atoms with Crippen molar-refractivity contribution in [1.82, 2.24) is 9.97 Å². The SMILES string of the molecule is Oc1c(-c2cccnc2Br)ccnc1Br. The van der Waals surface area contributed by atoms with E-state index in [1.807, 2.05) is 12.1 Å². The van der Waals surface area contributed by atoms with Crippen LogP contribution in [0.1, 0.15) is 0 Å². The average Bonchev–Trinajstić information content (AvgIpc) is 2.23. The van der Waals surface area contributed by atoms with Crippen molar-refractivity contribution in [1.29, 1.82) is 0 Å². The van der Waals surface area contributed by atoms with Crippen LogP contribution < -0.4 is 0 Å². The molecule has 5 heteroatoms. The lowest BCUT2D eigenvalue weighted by molar-refractivity contribution is 0.470. The third kappa shape index (κ3) is 2.03. The first-order chi connectivity index (χ1) is 7.20. The Kier molecular flexibility index (Phi) is 3.02. The molecule has 0 radical (unpaired) electrons. The standard InChI is InChI=1S/C10H6Br2N2O/c11-9-7(2-1-4-13-9)6-3-5-14-10(12)8(6)15/h1-5,15H. The summed E-state index contributed by atoms with van der Waals surface area (Å²) in [5.41, 5.74) is 1.52. The van der Waals surface area contributed by atoms with Gasteiger partial charge in [0.1, 0.15) is 9.21 Å². The molecule has 0 aliphatic carbocycles. The fourth-order valence-electron chi connectivity index (χ4n) is 1.23. The Bertz CT molecular complexity index is 503. The van der Waals surface area contributed by atoms with Gasteiger partial charge in [-0.15, -0.1) is 0 Å². The van der Waals surface area contributed by atoms with Crippen molar-refractivity contribution in [2.45, 2.75) is 0 Å². The molecule has 0 atom stereocenters. The summed E-state index contributed by atoms with van der Waals surface area (Å²) in [5.74, 6) is 0.117. The van der Waals surface area contributed by atoms with E-state index in [0.29, 0.717) is 14.8 Å². The van der Waals surface area contributed by atoms with Gasteiger partial charge in [-0.1, -0.05) is 0 Å². The fourth-order valence-corrected chi connectivity index (χ4v) is 2.03. The van der Waals surface area contributed by atoms with Crippen LogP contribution in [0, 0.1) is 0 Å². The van der Waals surface area contributed by atoms with E-state index in [9.17, 15) is 5.11 Å². The summed E-state index contributed by atoms with van der Waals surface area (Å²) in [6.07, 6.45) is 3.31. The zero-order chi connectivity index (χ0) is 10.8. The second kappa shape index (κ2) is 4.28. The summed E-state index contributed by atoms with van der Waals surface area (Å²) in [5, 5.41) is 9.82. The highest BCUT2D eigenvalue weighted by Gasteiger charge is 2.10. The van der Waals surface area contributed by atoms with Crippen molar-refractivity contribution in [3.05, 3.63) is 39.8 Å². The minimum Gasteiger partial charge on any atom is -0.505 e. The topological polar surface area (TPSA) is 46.0 Å². The van der Waals surface area contributed by atoms with Crippen molar-refractivity contribution in [2.24, 2.45) is 0 Å². The lowest BCUT2D eigenvalue weighted by atomic mass is 10.1. The highest BCUT2D eigenvalue weighted by Crippen LogP contribution is 2.36. The third-order valence-corrected chi connectivity index (χ3v) is 3.14. The van der Waals surface area contributed by atoms with Gasteiger partial charge in [0.15, 0.2) is 5.75 Å². The van der Waals surface area contributed by atoms with Gasteiger partial charge < -0.3 is 5.11 Å². The minimum absolute atomic E-state index is 0.117. The Balaban J connectivity index is 2.65. The Morgan fingerprint density at radius 2 is 1.67 bits per heavy atom. The normalized spacial score (nSPS) is 10.3. The number of nitrogens with zero attached hydrogens (tertiary/aromatic N) is 2. The van der Waals surface area contributed by atoms with Crippen LogP contribution >= 0.6 is 31.9 Å². The molecule has 3 nitrogen and oxygen atoms in total. The summed E-state index contributed by atoms with van der Waals surface area (Å²) in [4.78, 5) is 8.02. The van der Waals surface area contributed by atoms with Gasteiger partial charge in [0, 0.05) is 23.5 Å². The number of halogens is 2. The molecule has 1 N–H and O–H groups in total. The number of pyridine rings is 2. The van der Waals surface area contributed by atoms with Crippen molar-refractivity contribution in [3.63, 3.8) is 0 Å². The Morgan fingerprint density at radius 1 is 0.933 bits per heavy atom. The van der Waals surface area contributed by atoms with Crippen LogP contribution in [0.3, 0.4) is 0 Å². The van der Waals surface area contributed by atoms with Crippen LogP contribution in [0.4, 0.5) is 0 Å². The molecule has 0 aliphatic rings. The third-order valence-electron chi connectivity index (χ3n) is 1.93. The highest BCUT2D eigenvalue weighted by molar-refractivity contribution is 9.10. The molecule has 0 amide bonds. The van der Waals surface area contributed by atoms with E-state index in [1.165, 1.54) is 0 Å². The first-order valence-electron chi connectivity index (χ1n) is 4.14. The second-order valence-electron chi connectivity index (χ2n) is 2.84. The number of hydrogen-bond acceptors (Lipinski definition) is 3. The zero-order valence-electron chi connectivity index (χ0n) is 7.48. The van der Waals surface area contributed by atoms with Crippen LogP contribution in [0.2, 0.25) is 0 Å². The van der Waals surface area contributed by atoms with Crippen LogP contribution in [0.5, 0.6) is 5.75 Å². The molecule has 0 saturated carbocycles. The first kappa shape index (κ1) is 10.6. The van der Waals surface area contributed by atoms with Gasteiger partial charge in [-0.25, -0.2) is 9.97 Å². The van der Waals surface area contributed by atoms with E-state index in [1.54, 1.807) is 18.5 Å². The van der Waals surface area contributed by atoms with Gasteiger partial charge >= 0.3 is 0 Å². The summed E-state index contributed by atoms with van der Waals surface area (Å²) in [6, 6.07) is 5.42. The van der Waals surface area contributed by atoms with Gasteiger partial charge in [0.25, 0.3) is 0 Å². The number of aromatic nitrogens is 2. The summed E-state index contributed by atoms with van der Waals surface area (Å²) in [7, 11) is 0. The smallest absolute Gasteiger partial charge is 0.156 e. The van der Waals surface area contributed by atoms with Crippen molar-refractivity contribution < 1.29 is 5.11 Å². The number of hydrogen-bond donors (Lipinski definition) is 1. The maximum atomic E-state index is 9.82. The molecule has 0 fully saturated rings. The van der Waals surface area contributed by atoms with Gasteiger partial charge in [-0.05, 0) is 50.1 Å². The molecule has 2 aromatic heterocycles. The second-order valence-corrected chi connectivity index (χ2v) is 4.34. The van der Waals surface area contributed by atoms with E-state index < -0.39 is 0 Å². The molecule has 0 aliphatic heterocycles. The monoisotopic (exact) mass is 328 g/mol. The maximum absolute atomic E-state index is 9.82. The van der Waals surface area contributed by atoms with Gasteiger partial charge in [-0.3, -0.25) is 0 Å². The predicted molar refractivity (Wildman–Crippen MR) is 64.5 cm³/mol. The molecule has 2 rings (SSSR count). The average molecular weight is 330 g/mol. The van der Waals surface area contributed by atoms with E-state index in [-0.39, 0.29) is 5.75 Å². The molecular weight excluding hydrogens is 324 g/mol. The quantitative estimate of drug-likeness (QED) is 0.816. The molecule has 2 aromatic rings. The van der Waals surface area contributed by atoms with E-state index in [4.69, 9.17) is 0 Å². The molecule has 0 unspecified atom stereocenters. The molecule has 0 bridgehead atoms. The van der Waals surface area contributed by atoms with Gasteiger partial charge in [0.05, 0.1) is 0 Å². The largest absolute Gasteiger partial charge is 0.505 e. The Morgan fingerprint density at radius 3 is 2.40 bits per heavy atom. The maximum Gasteiger partial charge on any atom is 0.156 e. The summed E-state index contributed by atoms with van der Waals surface area (Å²) < 4.78 is 1.12. The molecule has 76 valence electrons. The van der Waals surface area contributed by atoms with Gasteiger partial charge in [0.2, 0.25) is 0 Å². The molecule has 0 aromatic carbocycles. The van der Waals surface area contributed by atoms with E-state index in [2.05, 4.69) is 41.8 Å². The van der Waals surface area contributed by atoms with Crippen molar-refractivity contribution in [3.8, 4) is 16.9 Å². The van der Waals surface area contributed by atoms with Gasteiger partial charge in [-0.2, -0.15) is 0 Å². The summed E-state index contributed by atoms with van der Waals surface area (Å²) >= 11 is 6.50. The molecule has 0 saturated heterocycles. The number of rotatable bonds is 1.